The van der Waals surface area contributed by atoms with Crippen LogP contribution in [0, 0.1) is 0 Å². The van der Waals surface area contributed by atoms with Gasteiger partial charge in [-0.15, -0.1) is 0 Å². The summed E-state index contributed by atoms with van der Waals surface area (Å²) in [5, 5.41) is 0. The summed E-state index contributed by atoms with van der Waals surface area (Å²) >= 11 is 1.69. The van der Waals surface area contributed by atoms with E-state index in [-0.39, 0.29) is 0 Å². The summed E-state index contributed by atoms with van der Waals surface area (Å²) in [6.07, 6.45) is 0. The van der Waals surface area contributed by atoms with Crippen molar-refractivity contribution in [2.24, 2.45) is 0 Å². The minimum absolute atomic E-state index is 1.02. The van der Waals surface area contributed by atoms with E-state index in [0.29, 0.717) is 0 Å². The molecule has 20 heavy (non-hydrogen) atoms. The van der Waals surface area contributed by atoms with E-state index in [1.807, 2.05) is 0 Å². The first kappa shape index (κ1) is 22.4. The van der Waals surface area contributed by atoms with Crippen LogP contribution in [-0.2, 0) is 15.5 Å². The van der Waals surface area contributed by atoms with Crippen LogP contribution in [-0.4, -0.2) is 48.2 Å². The molecule has 0 bridgehead atoms. The number of hydrogen-bond acceptors (Lipinski definition) is 0. The Balaban J connectivity index is 5.89. The zero-order chi connectivity index (χ0) is 16.7. The summed E-state index contributed by atoms with van der Waals surface area (Å²) in [7, 11) is -4.08. The third kappa shape index (κ3) is 6.46. The molecule has 0 atom stereocenters. The molecule has 124 valence electrons. The van der Waals surface area contributed by atoms with Crippen LogP contribution in [0.25, 0.3) is 0 Å². The van der Waals surface area contributed by atoms with Gasteiger partial charge in [0.1, 0.15) is 0 Å². The fourth-order valence-electron chi connectivity index (χ4n) is 4.31. The Kier molecular flexibility index (Phi) is 7.91. The molecule has 0 radical (unpaired) electrons. The molecule has 0 spiro atoms. The van der Waals surface area contributed by atoms with E-state index in [9.17, 15) is 0 Å². The second-order valence-electron chi connectivity index (χ2n) is 10.7. The molecule has 0 saturated heterocycles. The van der Waals surface area contributed by atoms with Gasteiger partial charge in [-0.3, -0.25) is 0 Å². The zero-order valence-electron chi connectivity index (χ0n) is 16.0. The first-order valence-corrected chi connectivity index (χ1v) is 34.0. The SMILES string of the molecule is C[Si](C)(C)[CH]([Sn](=[Pt])[CH]([Si](C)(C)C)[Si](C)(C)C)[Si](C)(C)C. The van der Waals surface area contributed by atoms with Gasteiger partial charge in [0.15, 0.2) is 0 Å². The standard InChI is InChI=1S/2C7H19Si2.Pt.Sn/c2*1-8(2,3)7-9(4,5)6;;/h2*7H,1-6H3;;. The van der Waals surface area contributed by atoms with Crippen LogP contribution in [0.2, 0.25) is 84.9 Å². The van der Waals surface area contributed by atoms with Crippen LogP contribution in [0.4, 0.5) is 0 Å². The van der Waals surface area contributed by atoms with Gasteiger partial charge in [0.2, 0.25) is 0 Å². The number of rotatable bonds is 6. The Morgan fingerprint density at radius 2 is 0.650 bits per heavy atom. The Labute approximate surface area is 147 Å². The molecule has 0 aromatic heterocycles. The van der Waals surface area contributed by atoms with Crippen molar-refractivity contribution in [2.75, 3.05) is 0 Å². The molecule has 0 heterocycles. The second-order valence-corrected chi connectivity index (χ2v) is 53.8. The summed E-state index contributed by atoms with van der Waals surface area (Å²) in [6, 6.07) is 0. The molecule has 6 heteroatoms. The average molecular weight is 633 g/mol. The first-order chi connectivity index (χ1) is 8.40. The Morgan fingerprint density at radius 3 is 0.750 bits per heavy atom. The van der Waals surface area contributed by atoms with Gasteiger partial charge in [-0.05, 0) is 0 Å². The predicted octanol–water partition coefficient (Wildman–Crippen LogP) is 5.77. The Bertz CT molecular complexity index is 293. The van der Waals surface area contributed by atoms with E-state index in [0.717, 1.165) is 0 Å². The molecular formula is C14H38PtSi4Sn. The van der Waals surface area contributed by atoms with Crippen LogP contribution >= 0.6 is 0 Å². The van der Waals surface area contributed by atoms with Crippen LogP contribution in [0.15, 0.2) is 0 Å². The summed E-state index contributed by atoms with van der Waals surface area (Å²) in [5.74, 6) is 0. The van der Waals surface area contributed by atoms with Crippen LogP contribution < -0.4 is 0 Å². The molecule has 0 saturated carbocycles. The van der Waals surface area contributed by atoms with Crippen molar-refractivity contribution >= 4 is 48.2 Å². The molecule has 0 N–H and O–H groups in total. The van der Waals surface area contributed by atoms with Crippen molar-refractivity contribution in [1.82, 2.24) is 0 Å². The maximum atomic E-state index is 3.08. The third-order valence-corrected chi connectivity index (χ3v) is 87.2. The van der Waals surface area contributed by atoms with Crippen molar-refractivity contribution in [1.29, 1.82) is 0 Å². The second kappa shape index (κ2) is 7.08. The molecule has 0 rings (SSSR count). The van der Waals surface area contributed by atoms with E-state index < -0.39 is 48.2 Å². The van der Waals surface area contributed by atoms with Gasteiger partial charge in [-0.1, -0.05) is 0 Å². The fourth-order valence-corrected chi connectivity index (χ4v) is 144. The first-order valence-electron chi connectivity index (χ1n) is 7.89. The van der Waals surface area contributed by atoms with Gasteiger partial charge in [-0.2, -0.15) is 0 Å². The molecule has 0 amide bonds. The molecule has 0 aliphatic rings. The van der Waals surface area contributed by atoms with E-state index in [4.69, 9.17) is 0 Å². The maximum absolute atomic E-state index is 3.08. The summed E-state index contributed by atoms with van der Waals surface area (Å²) < 4.78 is 2.48. The van der Waals surface area contributed by atoms with Crippen molar-refractivity contribution in [3.8, 4) is 0 Å². The van der Waals surface area contributed by atoms with Crippen molar-refractivity contribution < 1.29 is 15.5 Å². The van der Waals surface area contributed by atoms with Gasteiger partial charge in [-0.25, -0.2) is 0 Å². The Morgan fingerprint density at radius 1 is 0.500 bits per heavy atom. The average Bonchev–Trinajstić information content (AvgIpc) is 1.88. The molecular weight excluding hydrogens is 594 g/mol. The molecule has 0 aliphatic heterocycles. The zero-order valence-corrected chi connectivity index (χ0v) is 25.1. The Hall–Kier alpha value is 2.35. The summed E-state index contributed by atoms with van der Waals surface area (Å²) in [6.45, 7) is 32.0. The summed E-state index contributed by atoms with van der Waals surface area (Å²) in [4.78, 5) is 0. The topological polar surface area (TPSA) is 0 Å². The molecule has 0 aromatic carbocycles. The minimum atomic E-state index is -1.39. The van der Waals surface area contributed by atoms with Gasteiger partial charge in [0.25, 0.3) is 0 Å². The number of hydrogen-bond donors (Lipinski definition) is 0. The van der Waals surface area contributed by atoms with Crippen molar-refractivity contribution in [2.45, 2.75) is 84.9 Å². The van der Waals surface area contributed by atoms with Crippen LogP contribution in [0.1, 0.15) is 0 Å². The van der Waals surface area contributed by atoms with Crippen molar-refractivity contribution in [3.05, 3.63) is 0 Å². The van der Waals surface area contributed by atoms with Crippen LogP contribution in [0.5, 0.6) is 0 Å². The van der Waals surface area contributed by atoms with E-state index in [1.165, 1.54) is 6.36 Å². The molecule has 0 unspecified atom stereocenters. The molecule has 0 aromatic rings. The third-order valence-electron chi connectivity index (χ3n) is 3.98. The fraction of sp³-hybridized carbons (Fsp3) is 1.00. The van der Waals surface area contributed by atoms with E-state index >= 15 is 0 Å². The molecule has 0 fully saturated rings. The van der Waals surface area contributed by atoms with Gasteiger partial charge < -0.3 is 0 Å². The van der Waals surface area contributed by atoms with E-state index in [2.05, 4.69) is 94.1 Å². The molecule has 0 nitrogen and oxygen atoms in total. The van der Waals surface area contributed by atoms with Gasteiger partial charge >= 0.3 is 149 Å². The quantitative estimate of drug-likeness (QED) is 0.326. The monoisotopic (exact) mass is 633 g/mol. The normalized spacial score (nSPS) is 15.2. The van der Waals surface area contributed by atoms with Gasteiger partial charge in [0.05, 0.1) is 0 Å². The predicted molar refractivity (Wildman–Crippen MR) is 107 cm³/mol. The molecule has 0 aliphatic carbocycles. The summed E-state index contributed by atoms with van der Waals surface area (Å²) in [5.41, 5.74) is 0. The van der Waals surface area contributed by atoms with E-state index in [1.54, 1.807) is 0 Å². The van der Waals surface area contributed by atoms with Crippen molar-refractivity contribution in [3.63, 3.8) is 0 Å². The van der Waals surface area contributed by atoms with Gasteiger partial charge in [0, 0.05) is 0 Å². The van der Waals surface area contributed by atoms with Crippen LogP contribution in [0.3, 0.4) is 0 Å².